The van der Waals surface area contributed by atoms with E-state index in [2.05, 4.69) is 303 Å². The van der Waals surface area contributed by atoms with Gasteiger partial charge in [-0.1, -0.05) is 197 Å². The lowest BCUT2D eigenvalue weighted by atomic mass is 9.33. The average Bonchev–Trinajstić information content (AvgIpc) is 1.11. The predicted molar refractivity (Wildman–Crippen MR) is 360 cm³/mol. The Bertz CT molecular complexity index is 4520. The second kappa shape index (κ2) is 19.0. The van der Waals surface area contributed by atoms with Crippen molar-refractivity contribution in [2.75, 3.05) is 27.9 Å². The third-order valence-corrected chi connectivity index (χ3v) is 18.8. The first-order valence-corrected chi connectivity index (χ1v) is 30.4. The van der Waals surface area contributed by atoms with Gasteiger partial charge in [0.05, 0.1) is 0 Å². The first-order chi connectivity index (χ1) is 40.8. The van der Waals surface area contributed by atoms with Crippen LogP contribution < -0.4 is 40.6 Å². The molecule has 0 N–H and O–H groups in total. The standard InChI is InChI=1S/C79H72BN3O2/c1-76(2,3)54-24-32-58(33-25-54)82-68-39-28-56(78(7,8)9)45-66(68)80-67-47-72-73(85-41-40-84-72)48-69(67)83(59-34-26-55(27-35-59)77(4,5)6)71-44-53(43-70(82)75(71)80)50-20-29-57(30-21-50)81(60-31-22-49-16-12-13-18-52(49)42-60)61-36-37-63-65(46-61)79(10,11)64-38-23-51-17-14-15-19-62(51)74(63)64/h12-39,42-48H,40-41H2,1-11H3. The van der Waals surface area contributed by atoms with Crippen LogP contribution in [0.1, 0.15) is 104 Å². The molecule has 0 saturated heterocycles. The second-order valence-corrected chi connectivity index (χ2v) is 27.7. The molecular weight excluding hydrogens is 1030 g/mol. The highest BCUT2D eigenvalue weighted by atomic mass is 16.6. The summed E-state index contributed by atoms with van der Waals surface area (Å²) >= 11 is 0. The predicted octanol–water partition coefficient (Wildman–Crippen LogP) is 19.2. The van der Waals surface area contributed by atoms with E-state index in [-0.39, 0.29) is 28.4 Å². The Morgan fingerprint density at radius 2 is 0.941 bits per heavy atom. The summed E-state index contributed by atoms with van der Waals surface area (Å²) in [6.45, 7) is 26.4. The normalized spacial score (nSPS) is 14.6. The van der Waals surface area contributed by atoms with Gasteiger partial charge in [-0.25, -0.2) is 0 Å². The molecule has 4 aliphatic rings. The van der Waals surface area contributed by atoms with Crippen LogP contribution in [0.4, 0.5) is 51.2 Å². The first kappa shape index (κ1) is 52.8. The average molecular weight is 1110 g/mol. The Labute approximate surface area is 502 Å². The molecule has 0 saturated carbocycles. The van der Waals surface area contributed by atoms with Crippen molar-refractivity contribution in [2.24, 2.45) is 0 Å². The van der Waals surface area contributed by atoms with E-state index in [4.69, 9.17) is 9.47 Å². The molecule has 3 heterocycles. The summed E-state index contributed by atoms with van der Waals surface area (Å²) < 4.78 is 13.0. The lowest BCUT2D eigenvalue weighted by molar-refractivity contribution is 0.172. The SMILES string of the molecule is CC(C)(C)c1ccc(N2c3ccc(C(C)(C)C)cc3B3c4cc5c(cc4N(c4ccc(C(C)(C)C)cc4)c4cc(-c6ccc(N(c7ccc8c(c7)C(C)(C)c7ccc9ccccc9c7-8)c7ccc8ccccc8c7)cc6)cc2c43)OCCO5)cc1. The fourth-order valence-corrected chi connectivity index (χ4v) is 14.1. The van der Waals surface area contributed by atoms with E-state index in [1.54, 1.807) is 0 Å². The Morgan fingerprint density at radius 1 is 0.412 bits per heavy atom. The van der Waals surface area contributed by atoms with Crippen LogP contribution in [0.25, 0.3) is 43.8 Å². The molecule has 3 aliphatic heterocycles. The topological polar surface area (TPSA) is 28.2 Å². The van der Waals surface area contributed by atoms with Gasteiger partial charge in [-0.15, -0.1) is 0 Å². The van der Waals surface area contributed by atoms with Gasteiger partial charge < -0.3 is 24.2 Å². The molecule has 85 heavy (non-hydrogen) atoms. The zero-order valence-electron chi connectivity index (χ0n) is 50.9. The summed E-state index contributed by atoms with van der Waals surface area (Å²) in [4.78, 5) is 7.50. The zero-order valence-corrected chi connectivity index (χ0v) is 50.9. The summed E-state index contributed by atoms with van der Waals surface area (Å²) in [5.41, 5.74) is 25.1. The number of benzene rings is 11. The van der Waals surface area contributed by atoms with Gasteiger partial charge in [-0.2, -0.15) is 0 Å². The zero-order chi connectivity index (χ0) is 58.5. The van der Waals surface area contributed by atoms with Crippen molar-refractivity contribution in [3.8, 4) is 33.8 Å². The van der Waals surface area contributed by atoms with Crippen molar-refractivity contribution in [3.63, 3.8) is 0 Å². The molecule has 5 nitrogen and oxygen atoms in total. The fraction of sp³-hybridized carbons (Fsp3) is 0.215. The largest absolute Gasteiger partial charge is 0.486 e. The smallest absolute Gasteiger partial charge is 0.252 e. The monoisotopic (exact) mass is 1110 g/mol. The lowest BCUT2D eigenvalue weighted by Crippen LogP contribution is -2.61. The Balaban J connectivity index is 0.947. The number of ether oxygens (including phenoxy) is 2. The van der Waals surface area contributed by atoms with Gasteiger partial charge in [0.15, 0.2) is 11.5 Å². The molecule has 11 aromatic rings. The summed E-state index contributed by atoms with van der Waals surface area (Å²) in [5.74, 6) is 1.57. The van der Waals surface area contributed by atoms with E-state index in [1.807, 2.05) is 0 Å². The maximum atomic E-state index is 6.48. The maximum Gasteiger partial charge on any atom is 0.252 e. The highest BCUT2D eigenvalue weighted by Crippen LogP contribution is 2.54. The summed E-state index contributed by atoms with van der Waals surface area (Å²) in [7, 11) is 0. The molecule has 11 aromatic carbocycles. The highest BCUT2D eigenvalue weighted by molar-refractivity contribution is 7.00. The van der Waals surface area contributed by atoms with Crippen LogP contribution in [0.15, 0.2) is 212 Å². The molecular formula is C79H72BN3O2. The minimum Gasteiger partial charge on any atom is -0.486 e. The number of hydrogen-bond donors (Lipinski definition) is 0. The van der Waals surface area contributed by atoms with Gasteiger partial charge in [0.2, 0.25) is 0 Å². The van der Waals surface area contributed by atoms with Gasteiger partial charge in [-0.3, -0.25) is 0 Å². The van der Waals surface area contributed by atoms with Crippen molar-refractivity contribution in [3.05, 3.63) is 240 Å². The third-order valence-electron chi connectivity index (χ3n) is 18.8. The molecule has 0 fully saturated rings. The van der Waals surface area contributed by atoms with E-state index in [0.29, 0.717) is 13.2 Å². The van der Waals surface area contributed by atoms with Crippen LogP contribution >= 0.6 is 0 Å². The third kappa shape index (κ3) is 8.57. The van der Waals surface area contributed by atoms with Gasteiger partial charge in [0.25, 0.3) is 6.71 Å². The van der Waals surface area contributed by atoms with E-state index < -0.39 is 0 Å². The number of anilines is 9. The molecule has 1 aliphatic carbocycles. The quantitative estimate of drug-likeness (QED) is 0.155. The molecule has 0 aromatic heterocycles. The second-order valence-electron chi connectivity index (χ2n) is 27.7. The van der Waals surface area contributed by atoms with Crippen molar-refractivity contribution in [2.45, 2.75) is 97.8 Å². The summed E-state index contributed by atoms with van der Waals surface area (Å²) in [6, 6.07) is 80.8. The van der Waals surface area contributed by atoms with Crippen LogP contribution in [0, 0.1) is 0 Å². The van der Waals surface area contributed by atoms with Gasteiger partial charge in [0.1, 0.15) is 13.2 Å². The Hall–Kier alpha value is -9.00. The van der Waals surface area contributed by atoms with E-state index in [1.165, 1.54) is 82.6 Å². The number of nitrogens with zero attached hydrogens (tertiary/aromatic N) is 3. The first-order valence-electron chi connectivity index (χ1n) is 30.4. The van der Waals surface area contributed by atoms with Crippen molar-refractivity contribution in [1.29, 1.82) is 0 Å². The van der Waals surface area contributed by atoms with Crippen molar-refractivity contribution >= 4 is 95.8 Å². The van der Waals surface area contributed by atoms with Crippen molar-refractivity contribution in [1.82, 2.24) is 0 Å². The van der Waals surface area contributed by atoms with Crippen LogP contribution in [-0.4, -0.2) is 19.9 Å². The molecule has 15 rings (SSSR count). The van der Waals surface area contributed by atoms with Crippen LogP contribution in [0.2, 0.25) is 0 Å². The minimum absolute atomic E-state index is 0.00381. The highest BCUT2D eigenvalue weighted by Gasteiger charge is 2.45. The molecule has 0 amide bonds. The Kier molecular flexibility index (Phi) is 11.8. The number of hydrogen-bond acceptors (Lipinski definition) is 5. The molecule has 0 spiro atoms. The molecule has 0 bridgehead atoms. The van der Waals surface area contributed by atoms with E-state index >= 15 is 0 Å². The fourth-order valence-electron chi connectivity index (χ4n) is 14.1. The van der Waals surface area contributed by atoms with E-state index in [0.717, 1.165) is 68.1 Å². The van der Waals surface area contributed by atoms with Crippen LogP contribution in [0.5, 0.6) is 11.5 Å². The molecule has 6 heteroatoms. The summed E-state index contributed by atoms with van der Waals surface area (Å²) in [6.07, 6.45) is 0. The molecule has 0 atom stereocenters. The van der Waals surface area contributed by atoms with Gasteiger partial charge >= 0.3 is 0 Å². The molecule has 0 radical (unpaired) electrons. The lowest BCUT2D eigenvalue weighted by Gasteiger charge is -2.45. The number of rotatable bonds is 6. The van der Waals surface area contributed by atoms with E-state index in [9.17, 15) is 0 Å². The van der Waals surface area contributed by atoms with Gasteiger partial charge in [-0.05, 0) is 189 Å². The molecule has 0 unspecified atom stereocenters. The number of fused-ring (bicyclic) bond motifs is 11. The maximum absolute atomic E-state index is 6.48. The summed E-state index contributed by atoms with van der Waals surface area (Å²) in [5, 5.41) is 5.00. The van der Waals surface area contributed by atoms with Crippen molar-refractivity contribution < 1.29 is 9.47 Å². The van der Waals surface area contributed by atoms with Crippen LogP contribution in [0.3, 0.4) is 0 Å². The Morgan fingerprint density at radius 3 is 1.59 bits per heavy atom. The minimum atomic E-state index is -0.198. The van der Waals surface area contributed by atoms with Crippen LogP contribution in [-0.2, 0) is 21.7 Å². The molecule has 418 valence electrons. The van der Waals surface area contributed by atoms with Gasteiger partial charge in [0, 0.05) is 62.7 Å².